The standard InChI is InChI=1S/C15H23NO4/c1-18-13-8-11(9-14(19-2)15(13)20-3)10-16-6-4-12(17)5-7-16/h8-9,12,17H,4-7,10H2,1-3H3. The highest BCUT2D eigenvalue weighted by Crippen LogP contribution is 2.38. The maximum Gasteiger partial charge on any atom is 0.203 e. The smallest absolute Gasteiger partial charge is 0.203 e. The van der Waals surface area contributed by atoms with Crippen molar-refractivity contribution in [3.8, 4) is 17.2 Å². The molecule has 0 aromatic heterocycles. The SMILES string of the molecule is COc1cc(CN2CCC(O)CC2)cc(OC)c1OC. The van der Waals surface area contributed by atoms with E-state index in [1.807, 2.05) is 12.1 Å². The quantitative estimate of drug-likeness (QED) is 0.889. The third-order valence-corrected chi connectivity index (χ3v) is 3.69. The molecule has 0 spiro atoms. The second kappa shape index (κ2) is 6.81. The number of aliphatic hydroxyl groups is 1. The van der Waals surface area contributed by atoms with E-state index in [9.17, 15) is 5.11 Å². The molecule has 2 rings (SSSR count). The van der Waals surface area contributed by atoms with Gasteiger partial charge in [0.1, 0.15) is 0 Å². The zero-order valence-corrected chi connectivity index (χ0v) is 12.4. The van der Waals surface area contributed by atoms with Gasteiger partial charge in [-0.3, -0.25) is 4.90 Å². The zero-order valence-electron chi connectivity index (χ0n) is 12.4. The third kappa shape index (κ3) is 3.35. The van der Waals surface area contributed by atoms with Crippen molar-refractivity contribution in [2.24, 2.45) is 0 Å². The molecule has 1 saturated heterocycles. The summed E-state index contributed by atoms with van der Waals surface area (Å²) in [6.07, 6.45) is 1.53. The number of methoxy groups -OCH3 is 3. The van der Waals surface area contributed by atoms with Crippen LogP contribution in [0.4, 0.5) is 0 Å². The molecule has 1 aliphatic heterocycles. The minimum Gasteiger partial charge on any atom is -0.493 e. The topological polar surface area (TPSA) is 51.2 Å². The van der Waals surface area contributed by atoms with Crippen LogP contribution in [0.1, 0.15) is 18.4 Å². The molecule has 1 heterocycles. The summed E-state index contributed by atoms with van der Waals surface area (Å²) in [5.74, 6) is 1.98. The molecule has 0 bridgehead atoms. The van der Waals surface area contributed by atoms with Crippen molar-refractivity contribution in [3.05, 3.63) is 17.7 Å². The summed E-state index contributed by atoms with van der Waals surface area (Å²) in [5.41, 5.74) is 1.12. The van der Waals surface area contributed by atoms with Crippen LogP contribution in [0.25, 0.3) is 0 Å². The molecule has 0 unspecified atom stereocenters. The second-order valence-electron chi connectivity index (χ2n) is 5.04. The lowest BCUT2D eigenvalue weighted by Gasteiger charge is -2.29. The van der Waals surface area contributed by atoms with Gasteiger partial charge in [0.25, 0.3) is 0 Å². The van der Waals surface area contributed by atoms with Gasteiger partial charge in [-0.1, -0.05) is 0 Å². The average molecular weight is 281 g/mol. The molecule has 0 radical (unpaired) electrons. The molecule has 112 valence electrons. The summed E-state index contributed by atoms with van der Waals surface area (Å²) in [5, 5.41) is 9.54. The van der Waals surface area contributed by atoms with Crippen LogP contribution < -0.4 is 14.2 Å². The normalized spacial score (nSPS) is 17.0. The van der Waals surface area contributed by atoms with Crippen LogP contribution in [0.5, 0.6) is 17.2 Å². The number of hydrogen-bond donors (Lipinski definition) is 1. The van der Waals surface area contributed by atoms with Gasteiger partial charge in [-0.05, 0) is 30.5 Å². The van der Waals surface area contributed by atoms with Gasteiger partial charge in [0.15, 0.2) is 11.5 Å². The summed E-state index contributed by atoms with van der Waals surface area (Å²) < 4.78 is 16.0. The maximum absolute atomic E-state index is 9.54. The number of rotatable bonds is 5. The van der Waals surface area contributed by atoms with Crippen LogP contribution >= 0.6 is 0 Å². The van der Waals surface area contributed by atoms with Crippen molar-refractivity contribution in [2.75, 3.05) is 34.4 Å². The number of hydrogen-bond acceptors (Lipinski definition) is 5. The van der Waals surface area contributed by atoms with Gasteiger partial charge in [-0.15, -0.1) is 0 Å². The van der Waals surface area contributed by atoms with Gasteiger partial charge in [0.05, 0.1) is 27.4 Å². The lowest BCUT2D eigenvalue weighted by Crippen LogP contribution is -2.35. The molecule has 1 aromatic carbocycles. The number of ether oxygens (including phenoxy) is 3. The predicted molar refractivity (Wildman–Crippen MR) is 76.6 cm³/mol. The van der Waals surface area contributed by atoms with E-state index in [-0.39, 0.29) is 6.10 Å². The fourth-order valence-electron chi connectivity index (χ4n) is 2.56. The van der Waals surface area contributed by atoms with Crippen LogP contribution in [-0.2, 0) is 6.54 Å². The lowest BCUT2D eigenvalue weighted by atomic mass is 10.1. The first-order valence-electron chi connectivity index (χ1n) is 6.87. The third-order valence-electron chi connectivity index (χ3n) is 3.69. The first-order valence-corrected chi connectivity index (χ1v) is 6.87. The molecular weight excluding hydrogens is 258 g/mol. The Morgan fingerprint density at radius 2 is 1.60 bits per heavy atom. The minimum atomic E-state index is -0.147. The van der Waals surface area contributed by atoms with E-state index >= 15 is 0 Å². The number of piperidine rings is 1. The van der Waals surface area contributed by atoms with Gasteiger partial charge >= 0.3 is 0 Å². The van der Waals surface area contributed by atoms with Crippen LogP contribution in [0.2, 0.25) is 0 Å². The molecule has 1 aromatic rings. The number of nitrogens with zero attached hydrogens (tertiary/aromatic N) is 1. The van der Waals surface area contributed by atoms with Crippen molar-refractivity contribution in [1.82, 2.24) is 4.90 Å². The van der Waals surface area contributed by atoms with E-state index in [1.54, 1.807) is 21.3 Å². The molecule has 1 fully saturated rings. The zero-order chi connectivity index (χ0) is 14.5. The molecule has 20 heavy (non-hydrogen) atoms. The molecule has 0 atom stereocenters. The van der Waals surface area contributed by atoms with Crippen LogP contribution in [0.3, 0.4) is 0 Å². The van der Waals surface area contributed by atoms with E-state index in [4.69, 9.17) is 14.2 Å². The summed E-state index contributed by atoms with van der Waals surface area (Å²) in [4.78, 5) is 2.33. The van der Waals surface area contributed by atoms with Gasteiger partial charge in [0.2, 0.25) is 5.75 Å². The monoisotopic (exact) mass is 281 g/mol. The Bertz CT molecular complexity index is 416. The second-order valence-corrected chi connectivity index (χ2v) is 5.04. The van der Waals surface area contributed by atoms with Crippen LogP contribution in [0.15, 0.2) is 12.1 Å². The van der Waals surface area contributed by atoms with E-state index in [2.05, 4.69) is 4.90 Å². The number of aliphatic hydroxyl groups excluding tert-OH is 1. The van der Waals surface area contributed by atoms with Crippen molar-refractivity contribution in [3.63, 3.8) is 0 Å². The largest absolute Gasteiger partial charge is 0.493 e. The lowest BCUT2D eigenvalue weighted by molar-refractivity contribution is 0.0791. The Morgan fingerprint density at radius 1 is 1.05 bits per heavy atom. The van der Waals surface area contributed by atoms with Crippen molar-refractivity contribution >= 4 is 0 Å². The number of benzene rings is 1. The van der Waals surface area contributed by atoms with E-state index in [0.717, 1.165) is 38.0 Å². The van der Waals surface area contributed by atoms with Gasteiger partial charge in [-0.2, -0.15) is 0 Å². The molecule has 5 heteroatoms. The molecule has 0 amide bonds. The highest BCUT2D eigenvalue weighted by molar-refractivity contribution is 5.53. The predicted octanol–water partition coefficient (Wildman–Crippen LogP) is 1.67. The summed E-state index contributed by atoms with van der Waals surface area (Å²) in [6, 6.07) is 3.96. The molecule has 1 aliphatic rings. The Hall–Kier alpha value is -1.46. The van der Waals surface area contributed by atoms with Crippen molar-refractivity contribution in [1.29, 1.82) is 0 Å². The summed E-state index contributed by atoms with van der Waals surface area (Å²) in [7, 11) is 4.85. The Labute approximate surface area is 120 Å². The molecule has 0 saturated carbocycles. The molecular formula is C15H23NO4. The first-order chi connectivity index (χ1) is 9.67. The summed E-state index contributed by atoms with van der Waals surface area (Å²) in [6.45, 7) is 2.65. The Morgan fingerprint density at radius 3 is 2.05 bits per heavy atom. The van der Waals surface area contributed by atoms with E-state index < -0.39 is 0 Å². The van der Waals surface area contributed by atoms with E-state index in [1.165, 1.54) is 0 Å². The minimum absolute atomic E-state index is 0.147. The molecule has 5 nitrogen and oxygen atoms in total. The fourth-order valence-corrected chi connectivity index (χ4v) is 2.56. The Balaban J connectivity index is 2.15. The first kappa shape index (κ1) is 14.9. The Kier molecular flexibility index (Phi) is 5.09. The molecule has 0 aliphatic carbocycles. The van der Waals surface area contributed by atoms with E-state index in [0.29, 0.717) is 17.2 Å². The van der Waals surface area contributed by atoms with Crippen molar-refractivity contribution in [2.45, 2.75) is 25.5 Å². The maximum atomic E-state index is 9.54. The van der Waals surface area contributed by atoms with Crippen molar-refractivity contribution < 1.29 is 19.3 Å². The fraction of sp³-hybridized carbons (Fsp3) is 0.600. The highest BCUT2D eigenvalue weighted by atomic mass is 16.5. The highest BCUT2D eigenvalue weighted by Gasteiger charge is 2.19. The van der Waals surface area contributed by atoms with Gasteiger partial charge in [0, 0.05) is 19.6 Å². The van der Waals surface area contributed by atoms with Crippen LogP contribution in [-0.4, -0.2) is 50.5 Å². The van der Waals surface area contributed by atoms with Gasteiger partial charge in [-0.25, -0.2) is 0 Å². The summed E-state index contributed by atoms with van der Waals surface area (Å²) >= 11 is 0. The molecule has 1 N–H and O–H groups in total. The number of likely N-dealkylation sites (tertiary alicyclic amines) is 1. The average Bonchev–Trinajstić information content (AvgIpc) is 2.48. The van der Waals surface area contributed by atoms with Gasteiger partial charge < -0.3 is 19.3 Å². The van der Waals surface area contributed by atoms with Crippen LogP contribution in [0, 0.1) is 0 Å².